The van der Waals surface area contributed by atoms with E-state index in [1.807, 2.05) is 30.3 Å². The molecule has 3 rings (SSSR count). The number of carbonyl (C=O) groups excluding carboxylic acids is 1. The molecule has 2 N–H and O–H groups in total. The number of para-hydroxylation sites is 1. The highest BCUT2D eigenvalue weighted by Gasteiger charge is 2.23. The number of amidine groups is 1. The van der Waals surface area contributed by atoms with Gasteiger partial charge in [-0.05, 0) is 47.7 Å². The minimum Gasteiger partial charge on any atom is -0.478 e. The standard InChI is InChI=1S/C17H12N2O3S/c20-15-14(10-11-6-8-12(9-7-11)16(21)22)23-17(19-15)18-13-4-2-1-3-5-13/h1-10H,(H,21,22)(H,18,19,20)/b14-10-. The van der Waals surface area contributed by atoms with E-state index in [0.29, 0.717) is 10.1 Å². The smallest absolute Gasteiger partial charge is 0.335 e. The lowest BCUT2D eigenvalue weighted by Crippen LogP contribution is -2.19. The first kappa shape index (κ1) is 15.1. The molecular formula is C17H12N2O3S. The van der Waals surface area contributed by atoms with E-state index in [4.69, 9.17) is 5.11 Å². The molecule has 0 radical (unpaired) electrons. The number of carboxylic acids is 1. The third-order valence-corrected chi connectivity index (χ3v) is 4.00. The number of aromatic carboxylic acids is 1. The Bertz CT molecular complexity index is 811. The van der Waals surface area contributed by atoms with Crippen molar-refractivity contribution in [2.45, 2.75) is 0 Å². The van der Waals surface area contributed by atoms with Gasteiger partial charge in [0.1, 0.15) is 0 Å². The zero-order chi connectivity index (χ0) is 16.2. The molecule has 1 saturated heterocycles. The largest absolute Gasteiger partial charge is 0.478 e. The molecule has 2 aromatic carbocycles. The summed E-state index contributed by atoms with van der Waals surface area (Å²) in [6.45, 7) is 0. The van der Waals surface area contributed by atoms with E-state index in [1.54, 1.807) is 18.2 Å². The maximum Gasteiger partial charge on any atom is 0.335 e. The van der Waals surface area contributed by atoms with Crippen LogP contribution in [0.4, 0.5) is 5.69 Å². The van der Waals surface area contributed by atoms with Crippen LogP contribution in [0.3, 0.4) is 0 Å². The normalized spacial score (nSPS) is 17.5. The lowest BCUT2D eigenvalue weighted by atomic mass is 10.1. The van der Waals surface area contributed by atoms with Crippen molar-refractivity contribution in [3.63, 3.8) is 0 Å². The average Bonchev–Trinajstić information content (AvgIpc) is 2.88. The summed E-state index contributed by atoms with van der Waals surface area (Å²) in [5, 5.41) is 12.1. The molecule has 0 spiro atoms. The second-order valence-electron chi connectivity index (χ2n) is 4.74. The van der Waals surface area contributed by atoms with Crippen LogP contribution in [-0.2, 0) is 4.79 Å². The van der Waals surface area contributed by atoms with Crippen molar-refractivity contribution in [1.29, 1.82) is 0 Å². The Labute approximate surface area is 136 Å². The summed E-state index contributed by atoms with van der Waals surface area (Å²) >= 11 is 1.25. The first-order chi connectivity index (χ1) is 11.1. The van der Waals surface area contributed by atoms with Gasteiger partial charge in [-0.15, -0.1) is 0 Å². The highest BCUT2D eigenvalue weighted by Crippen LogP contribution is 2.27. The molecule has 0 atom stereocenters. The number of amides is 1. The van der Waals surface area contributed by atoms with Gasteiger partial charge in [-0.2, -0.15) is 0 Å². The Kier molecular flexibility index (Phi) is 4.25. The molecule has 114 valence electrons. The zero-order valence-electron chi connectivity index (χ0n) is 11.9. The molecule has 1 heterocycles. The summed E-state index contributed by atoms with van der Waals surface area (Å²) < 4.78 is 0. The number of nitrogens with one attached hydrogen (secondary N) is 1. The summed E-state index contributed by atoms with van der Waals surface area (Å²) in [6.07, 6.45) is 1.71. The molecule has 1 aliphatic rings. The zero-order valence-corrected chi connectivity index (χ0v) is 12.7. The summed E-state index contributed by atoms with van der Waals surface area (Å²) in [7, 11) is 0. The Balaban J connectivity index is 1.80. The number of hydrogen-bond acceptors (Lipinski definition) is 4. The van der Waals surface area contributed by atoms with E-state index in [1.165, 1.54) is 23.9 Å². The van der Waals surface area contributed by atoms with Crippen LogP contribution in [0.2, 0.25) is 0 Å². The first-order valence-corrected chi connectivity index (χ1v) is 7.61. The number of thioether (sulfide) groups is 1. The second-order valence-corrected chi connectivity index (χ2v) is 5.78. The van der Waals surface area contributed by atoms with E-state index in [2.05, 4.69) is 10.3 Å². The van der Waals surface area contributed by atoms with Crippen molar-refractivity contribution >= 4 is 40.6 Å². The van der Waals surface area contributed by atoms with Gasteiger partial charge < -0.3 is 10.4 Å². The predicted octanol–water partition coefficient (Wildman–Crippen LogP) is 3.28. The Morgan fingerprint density at radius 1 is 1.09 bits per heavy atom. The third-order valence-electron chi connectivity index (χ3n) is 3.09. The topological polar surface area (TPSA) is 78.8 Å². The number of hydrogen-bond donors (Lipinski definition) is 2. The van der Waals surface area contributed by atoms with Gasteiger partial charge in [0.05, 0.1) is 16.2 Å². The van der Waals surface area contributed by atoms with Gasteiger partial charge in [-0.3, -0.25) is 4.79 Å². The fraction of sp³-hybridized carbons (Fsp3) is 0. The average molecular weight is 324 g/mol. The van der Waals surface area contributed by atoms with Gasteiger partial charge in [0.2, 0.25) is 0 Å². The van der Waals surface area contributed by atoms with Crippen molar-refractivity contribution in [1.82, 2.24) is 5.32 Å². The Morgan fingerprint density at radius 3 is 2.43 bits per heavy atom. The van der Waals surface area contributed by atoms with Crippen molar-refractivity contribution < 1.29 is 14.7 Å². The van der Waals surface area contributed by atoms with Crippen LogP contribution in [-0.4, -0.2) is 22.2 Å². The molecule has 0 unspecified atom stereocenters. The quantitative estimate of drug-likeness (QED) is 0.849. The van der Waals surface area contributed by atoms with Crippen LogP contribution in [0.15, 0.2) is 64.5 Å². The summed E-state index contributed by atoms with van der Waals surface area (Å²) in [5.74, 6) is -1.19. The van der Waals surface area contributed by atoms with Gasteiger partial charge in [-0.25, -0.2) is 9.79 Å². The summed E-state index contributed by atoms with van der Waals surface area (Å²) in [6, 6.07) is 15.7. The van der Waals surface area contributed by atoms with E-state index in [-0.39, 0.29) is 11.5 Å². The highest BCUT2D eigenvalue weighted by molar-refractivity contribution is 8.18. The molecule has 0 bridgehead atoms. The molecule has 2 aromatic rings. The lowest BCUT2D eigenvalue weighted by molar-refractivity contribution is -0.115. The maximum atomic E-state index is 12.0. The fourth-order valence-corrected chi connectivity index (χ4v) is 2.82. The third kappa shape index (κ3) is 3.67. The Morgan fingerprint density at radius 2 is 1.78 bits per heavy atom. The Hall–Kier alpha value is -2.86. The van der Waals surface area contributed by atoms with E-state index in [9.17, 15) is 9.59 Å². The van der Waals surface area contributed by atoms with Gasteiger partial charge in [-0.1, -0.05) is 30.3 Å². The van der Waals surface area contributed by atoms with E-state index >= 15 is 0 Å². The number of carboxylic acid groups (broad SMARTS) is 1. The first-order valence-electron chi connectivity index (χ1n) is 6.80. The molecule has 1 amide bonds. The minimum absolute atomic E-state index is 0.210. The molecule has 6 heteroatoms. The second kappa shape index (κ2) is 6.50. The molecule has 5 nitrogen and oxygen atoms in total. The number of nitrogens with zero attached hydrogens (tertiary/aromatic N) is 1. The molecule has 1 fully saturated rings. The van der Waals surface area contributed by atoms with Crippen LogP contribution in [0.25, 0.3) is 6.08 Å². The van der Waals surface area contributed by atoms with Crippen molar-refractivity contribution in [2.24, 2.45) is 4.99 Å². The van der Waals surface area contributed by atoms with Gasteiger partial charge in [0.15, 0.2) is 5.17 Å². The molecule has 0 aliphatic carbocycles. The van der Waals surface area contributed by atoms with E-state index < -0.39 is 5.97 Å². The van der Waals surface area contributed by atoms with Crippen LogP contribution < -0.4 is 5.32 Å². The number of rotatable bonds is 3. The summed E-state index contributed by atoms with van der Waals surface area (Å²) in [4.78, 5) is 27.7. The van der Waals surface area contributed by atoms with Gasteiger partial charge in [0.25, 0.3) is 5.91 Å². The maximum absolute atomic E-state index is 12.0. The highest BCUT2D eigenvalue weighted by atomic mass is 32.2. The monoisotopic (exact) mass is 324 g/mol. The minimum atomic E-state index is -0.977. The summed E-state index contributed by atoms with van der Waals surface area (Å²) in [5.41, 5.74) is 1.73. The molecule has 1 aliphatic heterocycles. The van der Waals surface area contributed by atoms with E-state index in [0.717, 1.165) is 11.3 Å². The van der Waals surface area contributed by atoms with Crippen LogP contribution >= 0.6 is 11.8 Å². The number of benzene rings is 2. The van der Waals surface area contributed by atoms with Gasteiger partial charge in [0, 0.05) is 0 Å². The molecule has 23 heavy (non-hydrogen) atoms. The lowest BCUT2D eigenvalue weighted by Gasteiger charge is -1.97. The van der Waals surface area contributed by atoms with Crippen molar-refractivity contribution in [2.75, 3.05) is 0 Å². The molecular weight excluding hydrogens is 312 g/mol. The van der Waals surface area contributed by atoms with Gasteiger partial charge >= 0.3 is 5.97 Å². The number of carbonyl (C=O) groups is 2. The fourth-order valence-electron chi connectivity index (χ4n) is 1.97. The van der Waals surface area contributed by atoms with Crippen molar-refractivity contribution in [3.05, 3.63) is 70.6 Å². The van der Waals surface area contributed by atoms with Crippen molar-refractivity contribution in [3.8, 4) is 0 Å². The molecule has 0 aromatic heterocycles. The van der Waals surface area contributed by atoms with Crippen LogP contribution in [0.5, 0.6) is 0 Å². The van der Waals surface area contributed by atoms with Crippen LogP contribution in [0, 0.1) is 0 Å². The van der Waals surface area contributed by atoms with Crippen LogP contribution in [0.1, 0.15) is 15.9 Å². The SMILES string of the molecule is O=C1NC(=Nc2ccccc2)S/C1=C\c1ccc(C(=O)O)cc1. The molecule has 0 saturated carbocycles. The number of aliphatic imine (C=N–C) groups is 1. The predicted molar refractivity (Wildman–Crippen MR) is 90.6 cm³/mol.